The fraction of sp³-hybridized carbons (Fsp3) is 0.500. The molecule has 0 amide bonds. The lowest BCUT2D eigenvalue weighted by atomic mass is 10.1. The van der Waals surface area contributed by atoms with Crippen LogP contribution < -0.4 is 0 Å². The molecule has 0 unspecified atom stereocenters. The molecule has 72 valence electrons. The molecule has 0 aliphatic heterocycles. The van der Waals surface area contributed by atoms with Gasteiger partial charge in [-0.2, -0.15) is 0 Å². The van der Waals surface area contributed by atoms with Crippen LogP contribution in [0.5, 0.6) is 0 Å². The Balaban J connectivity index is 2.27. The first-order chi connectivity index (χ1) is 6.33. The van der Waals surface area contributed by atoms with Gasteiger partial charge in [0, 0.05) is 0 Å². The lowest BCUT2D eigenvalue weighted by Gasteiger charge is -1.97. The van der Waals surface area contributed by atoms with Crippen molar-refractivity contribution in [3.8, 4) is 0 Å². The Hall–Kier alpha value is -0.850. The summed E-state index contributed by atoms with van der Waals surface area (Å²) in [6.45, 7) is 1.69. The third-order valence-electron chi connectivity index (χ3n) is 2.43. The van der Waals surface area contributed by atoms with Crippen LogP contribution in [0.15, 0.2) is 36.2 Å². The summed E-state index contributed by atoms with van der Waals surface area (Å²) in [5.41, 5.74) is 0. The van der Waals surface area contributed by atoms with Gasteiger partial charge in [0.2, 0.25) is 0 Å². The highest BCUT2D eigenvalue weighted by molar-refractivity contribution is 5.16. The van der Waals surface area contributed by atoms with Gasteiger partial charge >= 0.3 is 0 Å². The molecule has 1 aliphatic rings. The van der Waals surface area contributed by atoms with Crippen LogP contribution in [-0.2, 0) is 0 Å². The average Bonchev–Trinajstić information content (AvgIpc) is 2.64. The summed E-state index contributed by atoms with van der Waals surface area (Å²) in [4.78, 5) is 0. The van der Waals surface area contributed by atoms with Crippen LogP contribution in [0.1, 0.15) is 32.6 Å². The Morgan fingerprint density at radius 1 is 1.23 bits per heavy atom. The lowest BCUT2D eigenvalue weighted by molar-refractivity contribution is 0.664. The van der Waals surface area contributed by atoms with Crippen molar-refractivity contribution in [3.05, 3.63) is 36.2 Å². The van der Waals surface area contributed by atoms with E-state index >= 15 is 0 Å². The maximum Gasteiger partial charge on any atom is 0.118 e. The quantitative estimate of drug-likeness (QED) is 0.572. The standard InChI is InChI=1S/C12H17F/c1-2-12(13)10-6-5-9-11-7-3-4-8-11/h2,5-6,9-11H,3-4,7-8H2,1H3/b9-5+,10-6-,12-2+. The van der Waals surface area contributed by atoms with E-state index in [4.69, 9.17) is 0 Å². The van der Waals surface area contributed by atoms with E-state index in [9.17, 15) is 4.39 Å². The highest BCUT2D eigenvalue weighted by Crippen LogP contribution is 2.25. The Labute approximate surface area is 79.8 Å². The number of hydrogen-bond acceptors (Lipinski definition) is 0. The first-order valence-electron chi connectivity index (χ1n) is 4.99. The first kappa shape index (κ1) is 10.2. The Morgan fingerprint density at radius 3 is 2.54 bits per heavy atom. The highest BCUT2D eigenvalue weighted by Gasteiger charge is 2.10. The van der Waals surface area contributed by atoms with Crippen molar-refractivity contribution in [2.24, 2.45) is 5.92 Å². The summed E-state index contributed by atoms with van der Waals surface area (Å²) in [6.07, 6.45) is 14.2. The van der Waals surface area contributed by atoms with Gasteiger partial charge in [-0.1, -0.05) is 37.1 Å². The van der Waals surface area contributed by atoms with Crippen molar-refractivity contribution < 1.29 is 4.39 Å². The van der Waals surface area contributed by atoms with E-state index in [2.05, 4.69) is 6.08 Å². The third kappa shape index (κ3) is 4.07. The second-order valence-corrected chi connectivity index (χ2v) is 3.46. The van der Waals surface area contributed by atoms with Crippen molar-refractivity contribution >= 4 is 0 Å². The molecule has 0 aromatic heterocycles. The predicted molar refractivity (Wildman–Crippen MR) is 55.1 cm³/mol. The molecule has 13 heavy (non-hydrogen) atoms. The fourth-order valence-corrected chi connectivity index (χ4v) is 1.61. The molecular weight excluding hydrogens is 163 g/mol. The van der Waals surface area contributed by atoms with Gasteiger partial charge in [0.25, 0.3) is 0 Å². The monoisotopic (exact) mass is 180 g/mol. The van der Waals surface area contributed by atoms with E-state index in [-0.39, 0.29) is 5.83 Å². The second-order valence-electron chi connectivity index (χ2n) is 3.46. The molecule has 0 N–H and O–H groups in total. The molecule has 0 aromatic carbocycles. The summed E-state index contributed by atoms with van der Waals surface area (Å²) in [5, 5.41) is 0. The number of rotatable bonds is 3. The Bertz CT molecular complexity index is 217. The van der Waals surface area contributed by atoms with Gasteiger partial charge in [0.15, 0.2) is 0 Å². The molecule has 0 saturated heterocycles. The predicted octanol–water partition coefficient (Wildman–Crippen LogP) is 4.16. The Morgan fingerprint density at radius 2 is 1.92 bits per heavy atom. The third-order valence-corrected chi connectivity index (χ3v) is 2.43. The molecule has 0 radical (unpaired) electrons. The van der Waals surface area contributed by atoms with Crippen LogP contribution in [0.4, 0.5) is 4.39 Å². The zero-order valence-corrected chi connectivity index (χ0v) is 8.17. The molecule has 1 aliphatic carbocycles. The second kappa shape index (κ2) is 5.74. The maximum atomic E-state index is 12.6. The Kier molecular flexibility index (Phi) is 4.52. The van der Waals surface area contributed by atoms with Crippen molar-refractivity contribution in [2.45, 2.75) is 32.6 Å². The normalized spacial score (nSPS) is 20.9. The summed E-state index contributed by atoms with van der Waals surface area (Å²) in [5.74, 6) is 0.564. The van der Waals surface area contributed by atoms with Crippen LogP contribution in [-0.4, -0.2) is 0 Å². The number of allylic oxidation sites excluding steroid dienone is 6. The maximum absolute atomic E-state index is 12.6. The molecule has 0 aromatic rings. The summed E-state index contributed by atoms with van der Waals surface area (Å²) in [7, 11) is 0. The molecular formula is C12H17F. The molecule has 1 rings (SSSR count). The molecule has 1 heteroatoms. The van der Waals surface area contributed by atoms with Crippen LogP contribution >= 0.6 is 0 Å². The van der Waals surface area contributed by atoms with Gasteiger partial charge in [-0.05, 0) is 31.8 Å². The first-order valence-corrected chi connectivity index (χ1v) is 4.99. The summed E-state index contributed by atoms with van der Waals surface area (Å²) in [6, 6.07) is 0. The SMILES string of the molecule is C\C=C(F)/C=C\C=C\C1CCCC1. The summed E-state index contributed by atoms with van der Waals surface area (Å²) < 4.78 is 12.6. The van der Waals surface area contributed by atoms with Gasteiger partial charge in [-0.25, -0.2) is 4.39 Å². The van der Waals surface area contributed by atoms with Crippen molar-refractivity contribution in [2.75, 3.05) is 0 Å². The van der Waals surface area contributed by atoms with E-state index in [1.54, 1.807) is 13.0 Å². The van der Waals surface area contributed by atoms with Gasteiger partial charge in [-0.3, -0.25) is 0 Å². The highest BCUT2D eigenvalue weighted by atomic mass is 19.1. The van der Waals surface area contributed by atoms with Crippen LogP contribution in [0, 0.1) is 5.92 Å². The van der Waals surface area contributed by atoms with Crippen LogP contribution in [0.25, 0.3) is 0 Å². The molecule has 1 fully saturated rings. The van der Waals surface area contributed by atoms with Crippen molar-refractivity contribution in [1.29, 1.82) is 0 Å². The van der Waals surface area contributed by atoms with E-state index in [1.165, 1.54) is 37.8 Å². The minimum absolute atomic E-state index is 0.170. The van der Waals surface area contributed by atoms with E-state index in [1.807, 2.05) is 6.08 Å². The lowest BCUT2D eigenvalue weighted by Crippen LogP contribution is -1.83. The van der Waals surface area contributed by atoms with Gasteiger partial charge in [-0.15, -0.1) is 0 Å². The molecule has 0 bridgehead atoms. The fourth-order valence-electron chi connectivity index (χ4n) is 1.61. The minimum atomic E-state index is -0.170. The zero-order valence-electron chi connectivity index (χ0n) is 8.17. The molecule has 0 heterocycles. The summed E-state index contributed by atoms with van der Waals surface area (Å²) >= 11 is 0. The van der Waals surface area contributed by atoms with Gasteiger partial charge < -0.3 is 0 Å². The topological polar surface area (TPSA) is 0 Å². The molecule has 1 saturated carbocycles. The minimum Gasteiger partial charge on any atom is -0.207 e. The largest absolute Gasteiger partial charge is 0.207 e. The molecule has 0 atom stereocenters. The molecule has 0 spiro atoms. The van der Waals surface area contributed by atoms with E-state index in [0.29, 0.717) is 0 Å². The van der Waals surface area contributed by atoms with Crippen LogP contribution in [0.3, 0.4) is 0 Å². The molecule has 0 nitrogen and oxygen atoms in total. The smallest absolute Gasteiger partial charge is 0.118 e. The van der Waals surface area contributed by atoms with Gasteiger partial charge in [0.05, 0.1) is 0 Å². The van der Waals surface area contributed by atoms with Crippen molar-refractivity contribution in [1.82, 2.24) is 0 Å². The zero-order chi connectivity index (χ0) is 9.52. The van der Waals surface area contributed by atoms with E-state index < -0.39 is 0 Å². The number of hydrogen-bond donors (Lipinski definition) is 0. The van der Waals surface area contributed by atoms with Crippen LogP contribution in [0.2, 0.25) is 0 Å². The van der Waals surface area contributed by atoms with E-state index in [0.717, 1.165) is 5.92 Å². The average molecular weight is 180 g/mol. The van der Waals surface area contributed by atoms with Crippen molar-refractivity contribution in [3.63, 3.8) is 0 Å². The van der Waals surface area contributed by atoms with Gasteiger partial charge in [0.1, 0.15) is 5.83 Å². The number of halogens is 1.